The first kappa shape index (κ1) is 19.0. The molecule has 1 saturated heterocycles. The van der Waals surface area contributed by atoms with Crippen LogP contribution in [0.4, 0.5) is 11.4 Å². The number of para-hydroxylation sites is 1. The normalized spacial score (nSPS) is 23.6. The number of rotatable bonds is 5. The third-order valence-corrected chi connectivity index (χ3v) is 7.44. The van der Waals surface area contributed by atoms with Crippen LogP contribution in [-0.2, 0) is 17.6 Å². The Labute approximate surface area is 183 Å². The Morgan fingerprint density at radius 2 is 2.19 bits per heavy atom. The van der Waals surface area contributed by atoms with Crippen LogP contribution in [0.1, 0.15) is 35.4 Å². The zero-order chi connectivity index (χ0) is 20.9. The van der Waals surface area contributed by atoms with Crippen molar-refractivity contribution in [2.24, 2.45) is 0 Å². The van der Waals surface area contributed by atoms with Crippen LogP contribution in [0.25, 0.3) is 0 Å². The van der Waals surface area contributed by atoms with E-state index in [-0.39, 0.29) is 5.91 Å². The van der Waals surface area contributed by atoms with Crippen LogP contribution < -0.4 is 19.7 Å². The van der Waals surface area contributed by atoms with E-state index in [9.17, 15) is 4.79 Å². The van der Waals surface area contributed by atoms with Gasteiger partial charge in [-0.3, -0.25) is 4.79 Å². The van der Waals surface area contributed by atoms with E-state index in [4.69, 9.17) is 9.47 Å². The monoisotopic (exact) mass is 419 g/mol. The number of nitrogens with one attached hydrogen (secondary N) is 1. The zero-order valence-electron chi connectivity index (χ0n) is 18.0. The summed E-state index contributed by atoms with van der Waals surface area (Å²) in [4.78, 5) is 17.1. The fourth-order valence-corrected chi connectivity index (χ4v) is 6.09. The maximum Gasteiger partial charge on any atom is 0.243 e. The molecule has 4 heterocycles. The summed E-state index contributed by atoms with van der Waals surface area (Å²) in [6, 6.07) is 11.1. The lowest BCUT2D eigenvalue weighted by molar-refractivity contribution is -0.115. The van der Waals surface area contributed by atoms with Crippen molar-refractivity contribution in [3.05, 3.63) is 47.0 Å². The van der Waals surface area contributed by atoms with Gasteiger partial charge in [-0.15, -0.1) is 0 Å². The van der Waals surface area contributed by atoms with Crippen LogP contribution in [0.3, 0.4) is 0 Å². The maximum atomic E-state index is 12.2. The molecular weight excluding hydrogens is 390 g/mol. The number of benzene rings is 2. The van der Waals surface area contributed by atoms with Crippen molar-refractivity contribution >= 4 is 17.3 Å². The van der Waals surface area contributed by atoms with Gasteiger partial charge in [-0.25, -0.2) is 0 Å². The molecule has 4 aliphatic rings. The fraction of sp³-hybridized carbons (Fsp3) is 0.480. The minimum Gasteiger partial charge on any atom is -0.496 e. The third-order valence-electron chi connectivity index (χ3n) is 7.44. The number of fused-ring (bicyclic) bond motifs is 4. The number of amides is 1. The standard InChI is InChI=1S/C25H29N3O3/c1-30-22-8-7-16(25-18(22)10-13-31-25)4-3-11-27-12-9-21-19(14-27)17-5-2-6-20-24(17)28(21)15-23(29)26-20/h2,5-8,19,21H,3-4,9-15H2,1H3,(H,26,29)/t19-,21-/m0/s1. The van der Waals surface area contributed by atoms with Crippen molar-refractivity contribution in [2.45, 2.75) is 37.6 Å². The number of nitrogens with zero attached hydrogens (tertiary/aromatic N) is 2. The predicted molar refractivity (Wildman–Crippen MR) is 121 cm³/mol. The lowest BCUT2D eigenvalue weighted by atomic mass is 9.89. The average molecular weight is 420 g/mol. The number of carbonyl (C=O) groups excluding carboxylic acids is 1. The first-order chi connectivity index (χ1) is 15.2. The van der Waals surface area contributed by atoms with Crippen LogP contribution >= 0.6 is 0 Å². The van der Waals surface area contributed by atoms with Crippen LogP contribution in [0.5, 0.6) is 11.5 Å². The maximum absolute atomic E-state index is 12.2. The Kier molecular flexibility index (Phi) is 4.56. The lowest BCUT2D eigenvalue weighted by Crippen LogP contribution is -2.49. The molecule has 2 atom stereocenters. The highest BCUT2D eigenvalue weighted by molar-refractivity contribution is 6.03. The number of carbonyl (C=O) groups is 1. The number of anilines is 2. The molecule has 0 radical (unpaired) electrons. The molecule has 31 heavy (non-hydrogen) atoms. The van der Waals surface area contributed by atoms with Crippen molar-refractivity contribution in [3.63, 3.8) is 0 Å². The van der Waals surface area contributed by atoms with Crippen LogP contribution in [-0.4, -0.2) is 56.7 Å². The SMILES string of the molecule is COc1ccc(CCCN2CC[C@H]3[C@@H](C2)c2cccc4c2N3CC(=O)N4)c2c1CCO2. The Morgan fingerprint density at radius 1 is 1.26 bits per heavy atom. The van der Waals surface area contributed by atoms with Gasteiger partial charge in [0.15, 0.2) is 0 Å². The van der Waals surface area contributed by atoms with E-state index < -0.39 is 0 Å². The molecule has 2 aromatic carbocycles. The second kappa shape index (κ2) is 7.45. The van der Waals surface area contributed by atoms with Crippen molar-refractivity contribution in [1.29, 1.82) is 0 Å². The molecule has 6 rings (SSSR count). The summed E-state index contributed by atoms with van der Waals surface area (Å²) in [5, 5.41) is 3.06. The van der Waals surface area contributed by atoms with Gasteiger partial charge in [-0.1, -0.05) is 18.2 Å². The summed E-state index contributed by atoms with van der Waals surface area (Å²) in [6.45, 7) is 4.51. The Morgan fingerprint density at radius 3 is 3.10 bits per heavy atom. The number of ether oxygens (including phenoxy) is 2. The number of likely N-dealkylation sites (tertiary alicyclic amines) is 1. The van der Waals surface area contributed by atoms with E-state index in [2.05, 4.69) is 39.4 Å². The van der Waals surface area contributed by atoms with E-state index >= 15 is 0 Å². The summed E-state index contributed by atoms with van der Waals surface area (Å²) < 4.78 is 11.4. The van der Waals surface area contributed by atoms with E-state index in [1.165, 1.54) is 22.4 Å². The molecule has 0 saturated carbocycles. The van der Waals surface area contributed by atoms with E-state index in [1.807, 2.05) is 6.07 Å². The lowest BCUT2D eigenvalue weighted by Gasteiger charge is -2.39. The minimum atomic E-state index is 0.113. The van der Waals surface area contributed by atoms with Crippen molar-refractivity contribution < 1.29 is 14.3 Å². The van der Waals surface area contributed by atoms with Gasteiger partial charge in [0.05, 0.1) is 31.6 Å². The van der Waals surface area contributed by atoms with Gasteiger partial charge in [0.2, 0.25) is 5.91 Å². The number of hydrogen-bond donors (Lipinski definition) is 1. The van der Waals surface area contributed by atoms with Crippen molar-refractivity contribution in [1.82, 2.24) is 4.90 Å². The Hall–Kier alpha value is -2.73. The number of hydrogen-bond acceptors (Lipinski definition) is 5. The molecule has 1 fully saturated rings. The molecule has 0 spiro atoms. The summed E-state index contributed by atoms with van der Waals surface area (Å²) in [5.41, 5.74) is 6.20. The first-order valence-electron chi connectivity index (χ1n) is 11.5. The third kappa shape index (κ3) is 3.07. The summed E-state index contributed by atoms with van der Waals surface area (Å²) >= 11 is 0. The largest absolute Gasteiger partial charge is 0.496 e. The molecule has 0 aliphatic carbocycles. The van der Waals surface area contributed by atoms with Crippen LogP contribution in [0, 0.1) is 0 Å². The van der Waals surface area contributed by atoms with Gasteiger partial charge in [0.25, 0.3) is 0 Å². The van der Waals surface area contributed by atoms with E-state index in [0.717, 1.165) is 69.1 Å². The van der Waals surface area contributed by atoms with Crippen LogP contribution in [0.2, 0.25) is 0 Å². The van der Waals surface area contributed by atoms with Gasteiger partial charge in [-0.2, -0.15) is 0 Å². The van der Waals surface area contributed by atoms with Gasteiger partial charge < -0.3 is 24.6 Å². The highest BCUT2D eigenvalue weighted by Crippen LogP contribution is 2.49. The van der Waals surface area contributed by atoms with Crippen molar-refractivity contribution in [2.75, 3.05) is 50.1 Å². The molecule has 0 bridgehead atoms. The topological polar surface area (TPSA) is 54.0 Å². The molecular formula is C25H29N3O3. The predicted octanol–water partition coefficient (Wildman–Crippen LogP) is 3.19. The Bertz CT molecular complexity index is 1040. The smallest absolute Gasteiger partial charge is 0.243 e. The van der Waals surface area contributed by atoms with E-state index in [1.54, 1.807) is 7.11 Å². The highest BCUT2D eigenvalue weighted by atomic mass is 16.5. The van der Waals surface area contributed by atoms with E-state index in [0.29, 0.717) is 18.5 Å². The minimum absolute atomic E-state index is 0.113. The van der Waals surface area contributed by atoms with Crippen LogP contribution in [0.15, 0.2) is 30.3 Å². The highest BCUT2D eigenvalue weighted by Gasteiger charge is 2.45. The fourth-order valence-electron chi connectivity index (χ4n) is 6.09. The number of piperidine rings is 1. The molecule has 6 heteroatoms. The number of aryl methyl sites for hydroxylation is 1. The van der Waals surface area contributed by atoms with Gasteiger partial charge in [0, 0.05) is 37.0 Å². The Balaban J connectivity index is 1.13. The molecule has 4 aliphatic heterocycles. The molecule has 1 N–H and O–H groups in total. The summed E-state index contributed by atoms with van der Waals surface area (Å²) in [6.07, 6.45) is 4.21. The molecule has 1 amide bonds. The summed E-state index contributed by atoms with van der Waals surface area (Å²) in [7, 11) is 1.73. The molecule has 2 aromatic rings. The van der Waals surface area contributed by atoms with Gasteiger partial charge in [0.1, 0.15) is 11.5 Å². The molecule has 6 nitrogen and oxygen atoms in total. The second-order valence-electron chi connectivity index (χ2n) is 9.12. The molecule has 0 aromatic heterocycles. The second-order valence-corrected chi connectivity index (χ2v) is 9.12. The van der Waals surface area contributed by atoms with Gasteiger partial charge in [-0.05, 0) is 49.1 Å². The quantitative estimate of drug-likeness (QED) is 0.807. The van der Waals surface area contributed by atoms with Crippen molar-refractivity contribution in [3.8, 4) is 11.5 Å². The zero-order valence-corrected chi connectivity index (χ0v) is 18.0. The number of methoxy groups -OCH3 is 1. The van der Waals surface area contributed by atoms with Gasteiger partial charge >= 0.3 is 0 Å². The average Bonchev–Trinajstić information content (AvgIpc) is 3.39. The molecule has 162 valence electrons. The first-order valence-corrected chi connectivity index (χ1v) is 11.5. The molecule has 0 unspecified atom stereocenters. The summed E-state index contributed by atoms with van der Waals surface area (Å²) in [5.74, 6) is 2.61.